The Morgan fingerprint density at radius 3 is 3.11 bits per heavy atom. The molecule has 1 aliphatic heterocycles. The molecule has 19 heavy (non-hydrogen) atoms. The molecule has 0 saturated carbocycles. The van der Waals surface area contributed by atoms with Crippen molar-refractivity contribution in [1.29, 1.82) is 0 Å². The summed E-state index contributed by atoms with van der Waals surface area (Å²) in [7, 11) is 0. The van der Waals surface area contributed by atoms with Crippen LogP contribution in [0.25, 0.3) is 0 Å². The number of benzene rings is 1. The van der Waals surface area contributed by atoms with Crippen molar-refractivity contribution in [3.05, 3.63) is 34.3 Å². The van der Waals surface area contributed by atoms with Crippen molar-refractivity contribution < 1.29 is 4.74 Å². The van der Waals surface area contributed by atoms with Crippen molar-refractivity contribution in [1.82, 2.24) is 10.2 Å². The van der Waals surface area contributed by atoms with Gasteiger partial charge in [0.15, 0.2) is 0 Å². The number of hydrogen-bond acceptors (Lipinski definition) is 3. The summed E-state index contributed by atoms with van der Waals surface area (Å²) in [5.74, 6) is 0. The number of nitrogens with zero attached hydrogens (tertiary/aromatic N) is 1. The summed E-state index contributed by atoms with van der Waals surface area (Å²) < 4.78 is 6.94. The highest BCUT2D eigenvalue weighted by atomic mass is 79.9. The molecule has 0 amide bonds. The maximum atomic E-state index is 5.81. The molecule has 0 bridgehead atoms. The number of rotatable bonds is 5. The average Bonchev–Trinajstić information content (AvgIpc) is 2.45. The first kappa shape index (κ1) is 15.0. The van der Waals surface area contributed by atoms with Crippen LogP contribution in [0, 0.1) is 0 Å². The Morgan fingerprint density at radius 2 is 2.37 bits per heavy atom. The molecule has 4 heteroatoms. The maximum absolute atomic E-state index is 5.81. The van der Waals surface area contributed by atoms with Crippen LogP contribution in [0.3, 0.4) is 0 Å². The average molecular weight is 327 g/mol. The van der Waals surface area contributed by atoms with Crippen molar-refractivity contribution in [2.75, 3.05) is 32.8 Å². The second kappa shape index (κ2) is 7.39. The molecule has 1 unspecified atom stereocenters. The number of ether oxygens (including phenoxy) is 1. The van der Waals surface area contributed by atoms with E-state index in [1.807, 2.05) is 0 Å². The summed E-state index contributed by atoms with van der Waals surface area (Å²) in [4.78, 5) is 2.44. The summed E-state index contributed by atoms with van der Waals surface area (Å²) in [5.41, 5.74) is 1.30. The maximum Gasteiger partial charge on any atom is 0.0826 e. The molecule has 0 aromatic heterocycles. The topological polar surface area (TPSA) is 24.5 Å². The van der Waals surface area contributed by atoms with Crippen molar-refractivity contribution >= 4 is 15.9 Å². The summed E-state index contributed by atoms with van der Waals surface area (Å²) in [6.45, 7) is 9.38. The molecule has 2 rings (SSSR count). The zero-order valence-corrected chi connectivity index (χ0v) is 13.3. The van der Waals surface area contributed by atoms with E-state index in [-0.39, 0.29) is 0 Å². The number of hydrogen-bond donors (Lipinski definition) is 1. The van der Waals surface area contributed by atoms with Gasteiger partial charge in [0, 0.05) is 30.1 Å². The molecule has 0 aliphatic carbocycles. The van der Waals surface area contributed by atoms with Crippen molar-refractivity contribution in [3.8, 4) is 0 Å². The van der Waals surface area contributed by atoms with E-state index >= 15 is 0 Å². The van der Waals surface area contributed by atoms with E-state index in [1.54, 1.807) is 0 Å². The fraction of sp³-hybridized carbons (Fsp3) is 0.600. The van der Waals surface area contributed by atoms with Gasteiger partial charge in [0.2, 0.25) is 0 Å². The molecule has 1 saturated heterocycles. The van der Waals surface area contributed by atoms with Gasteiger partial charge in [-0.2, -0.15) is 0 Å². The highest BCUT2D eigenvalue weighted by Crippen LogP contribution is 2.18. The van der Waals surface area contributed by atoms with E-state index in [0.717, 1.165) is 37.3 Å². The van der Waals surface area contributed by atoms with Crippen LogP contribution in [0.5, 0.6) is 0 Å². The minimum absolute atomic E-state index is 0.309. The van der Waals surface area contributed by atoms with Crippen LogP contribution in [0.15, 0.2) is 28.7 Å². The Balaban J connectivity index is 1.81. The van der Waals surface area contributed by atoms with Gasteiger partial charge in [0.05, 0.1) is 12.7 Å². The molecule has 1 fully saturated rings. The Hall–Kier alpha value is -0.420. The van der Waals surface area contributed by atoms with Crippen LogP contribution in [0.1, 0.15) is 25.5 Å². The lowest BCUT2D eigenvalue weighted by molar-refractivity contribution is -0.0262. The molecule has 1 heterocycles. The van der Waals surface area contributed by atoms with Crippen LogP contribution in [-0.4, -0.2) is 43.8 Å². The summed E-state index contributed by atoms with van der Waals surface area (Å²) in [6, 6.07) is 8.80. The van der Waals surface area contributed by atoms with Crippen LogP contribution >= 0.6 is 15.9 Å². The van der Waals surface area contributed by atoms with Gasteiger partial charge in [-0.05, 0) is 31.2 Å². The van der Waals surface area contributed by atoms with E-state index in [4.69, 9.17) is 4.74 Å². The fourth-order valence-corrected chi connectivity index (χ4v) is 2.81. The molecule has 0 radical (unpaired) electrons. The van der Waals surface area contributed by atoms with Gasteiger partial charge in [-0.25, -0.2) is 0 Å². The number of nitrogens with one attached hydrogen (secondary N) is 1. The number of halogens is 1. The van der Waals surface area contributed by atoms with Crippen LogP contribution in [0.4, 0.5) is 0 Å². The predicted octanol–water partition coefficient (Wildman–Crippen LogP) is 2.82. The molecule has 1 N–H and O–H groups in total. The molecule has 1 aromatic rings. The standard InChI is InChI=1S/C15H23BrN2O/c1-3-18-7-8-19-15(11-18)10-17-12(2)13-5-4-6-14(16)9-13/h4-6,9,12,15,17H,3,7-8,10-11H2,1-2H3/t12-,15?/m1/s1. The van der Waals surface area contributed by atoms with Crippen molar-refractivity contribution in [2.24, 2.45) is 0 Å². The molecule has 1 aromatic carbocycles. The second-order valence-electron chi connectivity index (χ2n) is 5.07. The third kappa shape index (κ3) is 4.56. The van der Waals surface area contributed by atoms with E-state index < -0.39 is 0 Å². The Morgan fingerprint density at radius 1 is 1.53 bits per heavy atom. The Kier molecular flexibility index (Phi) is 5.82. The molecule has 0 spiro atoms. The molecule has 2 atom stereocenters. The molecular weight excluding hydrogens is 304 g/mol. The van der Waals surface area contributed by atoms with Gasteiger partial charge in [-0.15, -0.1) is 0 Å². The van der Waals surface area contributed by atoms with E-state index in [2.05, 4.69) is 64.3 Å². The van der Waals surface area contributed by atoms with Crippen molar-refractivity contribution in [2.45, 2.75) is 26.0 Å². The smallest absolute Gasteiger partial charge is 0.0826 e. The van der Waals surface area contributed by atoms with Gasteiger partial charge < -0.3 is 10.1 Å². The third-order valence-corrected chi connectivity index (χ3v) is 4.16. The van der Waals surface area contributed by atoms with Crippen LogP contribution in [-0.2, 0) is 4.74 Å². The normalized spacial score (nSPS) is 22.4. The largest absolute Gasteiger partial charge is 0.374 e. The Bertz CT molecular complexity index is 399. The molecule has 106 valence electrons. The highest BCUT2D eigenvalue weighted by molar-refractivity contribution is 9.10. The Labute approximate surface area is 124 Å². The summed E-state index contributed by atoms with van der Waals surface area (Å²) >= 11 is 3.52. The predicted molar refractivity (Wildman–Crippen MR) is 82.4 cm³/mol. The lowest BCUT2D eigenvalue weighted by Gasteiger charge is -2.32. The minimum atomic E-state index is 0.309. The first-order valence-corrected chi connectivity index (χ1v) is 7.81. The van der Waals surface area contributed by atoms with Crippen LogP contribution in [0.2, 0.25) is 0 Å². The van der Waals surface area contributed by atoms with Gasteiger partial charge >= 0.3 is 0 Å². The first-order chi connectivity index (χ1) is 9.19. The first-order valence-electron chi connectivity index (χ1n) is 7.02. The summed E-state index contributed by atoms with van der Waals surface area (Å²) in [5, 5.41) is 3.57. The number of likely N-dealkylation sites (N-methyl/N-ethyl adjacent to an activating group) is 1. The molecule has 3 nitrogen and oxygen atoms in total. The lowest BCUT2D eigenvalue weighted by atomic mass is 10.1. The zero-order chi connectivity index (χ0) is 13.7. The molecular formula is C15H23BrN2O. The number of morpholine rings is 1. The molecule has 1 aliphatic rings. The van der Waals surface area contributed by atoms with E-state index in [9.17, 15) is 0 Å². The third-order valence-electron chi connectivity index (χ3n) is 3.67. The zero-order valence-electron chi connectivity index (χ0n) is 11.7. The summed E-state index contributed by atoms with van der Waals surface area (Å²) in [6.07, 6.45) is 0.309. The highest BCUT2D eigenvalue weighted by Gasteiger charge is 2.19. The second-order valence-corrected chi connectivity index (χ2v) is 5.99. The van der Waals surface area contributed by atoms with Crippen LogP contribution < -0.4 is 5.32 Å². The van der Waals surface area contributed by atoms with E-state index in [1.165, 1.54) is 5.56 Å². The van der Waals surface area contributed by atoms with Gasteiger partial charge in [-0.1, -0.05) is 35.0 Å². The van der Waals surface area contributed by atoms with Gasteiger partial charge in [0.25, 0.3) is 0 Å². The quantitative estimate of drug-likeness (QED) is 0.900. The minimum Gasteiger partial charge on any atom is -0.374 e. The van der Waals surface area contributed by atoms with Gasteiger partial charge in [-0.3, -0.25) is 4.90 Å². The SMILES string of the molecule is CCN1CCOC(CN[C@H](C)c2cccc(Br)c2)C1. The van der Waals surface area contributed by atoms with Gasteiger partial charge in [0.1, 0.15) is 0 Å². The van der Waals surface area contributed by atoms with Crippen molar-refractivity contribution in [3.63, 3.8) is 0 Å². The lowest BCUT2D eigenvalue weighted by Crippen LogP contribution is -2.46. The van der Waals surface area contributed by atoms with E-state index in [0.29, 0.717) is 12.1 Å². The fourth-order valence-electron chi connectivity index (χ4n) is 2.39. The monoisotopic (exact) mass is 326 g/mol.